The lowest BCUT2D eigenvalue weighted by Gasteiger charge is -2.28. The van der Waals surface area contributed by atoms with Crippen molar-refractivity contribution in [1.29, 1.82) is 0 Å². The van der Waals surface area contributed by atoms with Crippen molar-refractivity contribution in [2.24, 2.45) is 0 Å². The van der Waals surface area contributed by atoms with E-state index in [0.29, 0.717) is 6.41 Å². The molecular weight excluding hydrogens is 305 g/mol. The molecule has 1 rings (SSSR count). The Labute approximate surface area is 113 Å². The van der Waals surface area contributed by atoms with Gasteiger partial charge >= 0.3 is 5.97 Å². The van der Waals surface area contributed by atoms with Crippen LogP contribution in [0.5, 0.6) is 0 Å². The summed E-state index contributed by atoms with van der Waals surface area (Å²) in [6, 6.07) is 2.52. The van der Waals surface area contributed by atoms with Gasteiger partial charge in [0.05, 0.1) is 4.47 Å². The molecule has 1 unspecified atom stereocenters. The number of carbonyl (C=O) groups excluding carboxylic acids is 1. The molecule has 0 saturated carbocycles. The van der Waals surface area contributed by atoms with E-state index in [9.17, 15) is 19.1 Å². The second kappa shape index (κ2) is 5.95. The Kier molecular flexibility index (Phi) is 4.84. The van der Waals surface area contributed by atoms with Crippen molar-refractivity contribution in [3.63, 3.8) is 0 Å². The highest BCUT2D eigenvalue weighted by molar-refractivity contribution is 9.10. The molecule has 0 aliphatic carbocycles. The fourth-order valence-corrected chi connectivity index (χ4v) is 1.85. The molecule has 0 spiro atoms. The molecule has 0 aromatic heterocycles. The van der Waals surface area contributed by atoms with Crippen LogP contribution in [0.1, 0.15) is 25.5 Å². The Balaban J connectivity index is 3.23. The predicted molar refractivity (Wildman–Crippen MR) is 67.5 cm³/mol. The van der Waals surface area contributed by atoms with Gasteiger partial charge in [0.15, 0.2) is 6.04 Å². The van der Waals surface area contributed by atoms with E-state index in [0.717, 1.165) is 11.0 Å². The summed E-state index contributed by atoms with van der Waals surface area (Å²) in [6.45, 7) is 3.39. The summed E-state index contributed by atoms with van der Waals surface area (Å²) in [4.78, 5) is 23.4. The van der Waals surface area contributed by atoms with E-state index in [1.54, 1.807) is 13.8 Å². The lowest BCUT2D eigenvalue weighted by Crippen LogP contribution is -2.38. The van der Waals surface area contributed by atoms with Crippen LogP contribution in [0, 0.1) is 5.82 Å². The van der Waals surface area contributed by atoms with Gasteiger partial charge in [0, 0.05) is 6.04 Å². The summed E-state index contributed by atoms with van der Waals surface area (Å²) in [6.07, 6.45) is 0.462. The average molecular weight is 318 g/mol. The lowest BCUT2D eigenvalue weighted by atomic mass is 10.0. The fraction of sp³-hybridized carbons (Fsp3) is 0.333. The molecule has 1 N–H and O–H groups in total. The van der Waals surface area contributed by atoms with Gasteiger partial charge in [-0.05, 0) is 47.5 Å². The van der Waals surface area contributed by atoms with Crippen molar-refractivity contribution in [1.82, 2.24) is 4.90 Å². The molecular formula is C12H13BrFNO3. The number of amides is 1. The lowest BCUT2D eigenvalue weighted by molar-refractivity contribution is -0.148. The maximum absolute atomic E-state index is 13.4. The topological polar surface area (TPSA) is 57.6 Å². The van der Waals surface area contributed by atoms with Crippen LogP contribution < -0.4 is 0 Å². The molecule has 1 aromatic rings. The van der Waals surface area contributed by atoms with Crippen LogP contribution in [-0.4, -0.2) is 28.4 Å². The number of carbonyl (C=O) groups is 2. The third kappa shape index (κ3) is 3.07. The molecule has 6 heteroatoms. The molecule has 98 valence electrons. The van der Waals surface area contributed by atoms with Crippen LogP contribution in [0.25, 0.3) is 0 Å². The van der Waals surface area contributed by atoms with E-state index in [1.165, 1.54) is 12.1 Å². The van der Waals surface area contributed by atoms with Crippen LogP contribution in [-0.2, 0) is 9.59 Å². The van der Waals surface area contributed by atoms with Gasteiger partial charge in [0.2, 0.25) is 6.41 Å². The molecule has 0 aliphatic rings. The van der Waals surface area contributed by atoms with Gasteiger partial charge < -0.3 is 10.0 Å². The second-order valence-corrected chi connectivity index (χ2v) is 4.92. The predicted octanol–water partition coefficient (Wildman–Crippen LogP) is 2.58. The quantitative estimate of drug-likeness (QED) is 0.849. The Morgan fingerprint density at radius 1 is 1.50 bits per heavy atom. The van der Waals surface area contributed by atoms with Gasteiger partial charge in [-0.2, -0.15) is 0 Å². The largest absolute Gasteiger partial charge is 0.479 e. The van der Waals surface area contributed by atoms with Crippen LogP contribution >= 0.6 is 15.9 Å². The average Bonchev–Trinajstić information content (AvgIpc) is 2.28. The Hall–Kier alpha value is -1.43. The second-order valence-electron chi connectivity index (χ2n) is 4.06. The van der Waals surface area contributed by atoms with Crippen molar-refractivity contribution in [2.45, 2.75) is 25.9 Å². The van der Waals surface area contributed by atoms with E-state index < -0.39 is 17.8 Å². The smallest absolute Gasteiger partial charge is 0.331 e. The number of hydrogen-bond acceptors (Lipinski definition) is 2. The molecule has 1 amide bonds. The summed E-state index contributed by atoms with van der Waals surface area (Å²) in [5, 5.41) is 9.20. The van der Waals surface area contributed by atoms with Crippen molar-refractivity contribution < 1.29 is 19.1 Å². The van der Waals surface area contributed by atoms with Crippen LogP contribution in [0.3, 0.4) is 0 Å². The number of carboxylic acids is 1. The van der Waals surface area contributed by atoms with E-state index in [-0.39, 0.29) is 16.1 Å². The summed E-state index contributed by atoms with van der Waals surface area (Å²) in [5.74, 6) is -1.76. The van der Waals surface area contributed by atoms with E-state index in [4.69, 9.17) is 0 Å². The third-order valence-electron chi connectivity index (χ3n) is 2.51. The van der Waals surface area contributed by atoms with E-state index in [1.807, 2.05) is 0 Å². The fourth-order valence-electron chi connectivity index (χ4n) is 1.61. The third-order valence-corrected chi connectivity index (χ3v) is 3.15. The first-order valence-electron chi connectivity index (χ1n) is 5.29. The standard InChI is InChI=1S/C12H13BrFNO3/c1-7(2)15(6-16)11(12(17)18)8-3-4-9(13)10(14)5-8/h3-7,11H,1-2H3,(H,17,18). The van der Waals surface area contributed by atoms with E-state index >= 15 is 0 Å². The van der Waals surface area contributed by atoms with Gasteiger partial charge in [-0.3, -0.25) is 4.79 Å². The minimum Gasteiger partial charge on any atom is -0.479 e. The van der Waals surface area contributed by atoms with Crippen molar-refractivity contribution in [2.75, 3.05) is 0 Å². The van der Waals surface area contributed by atoms with Crippen molar-refractivity contribution in [3.05, 3.63) is 34.1 Å². The molecule has 1 atom stereocenters. The molecule has 0 aliphatic heterocycles. The van der Waals surface area contributed by atoms with Gasteiger partial charge in [-0.25, -0.2) is 9.18 Å². The van der Waals surface area contributed by atoms with Gasteiger partial charge in [0.25, 0.3) is 0 Å². The molecule has 18 heavy (non-hydrogen) atoms. The first kappa shape index (κ1) is 14.6. The van der Waals surface area contributed by atoms with Gasteiger partial charge in [-0.15, -0.1) is 0 Å². The van der Waals surface area contributed by atoms with Gasteiger partial charge in [-0.1, -0.05) is 6.07 Å². The van der Waals surface area contributed by atoms with Crippen molar-refractivity contribution >= 4 is 28.3 Å². The summed E-state index contributed by atoms with van der Waals surface area (Å²) < 4.78 is 13.7. The number of nitrogens with zero attached hydrogens (tertiary/aromatic N) is 1. The SMILES string of the molecule is CC(C)N(C=O)C(C(=O)O)c1ccc(Br)c(F)c1. The minimum atomic E-state index is -1.20. The number of hydrogen-bond donors (Lipinski definition) is 1. The molecule has 0 radical (unpaired) electrons. The number of halogens is 2. The Morgan fingerprint density at radius 2 is 2.11 bits per heavy atom. The number of aliphatic carboxylic acids is 1. The van der Waals surface area contributed by atoms with E-state index in [2.05, 4.69) is 15.9 Å². The molecule has 0 fully saturated rings. The molecule has 0 heterocycles. The summed E-state index contributed by atoms with van der Waals surface area (Å²) >= 11 is 2.99. The number of rotatable bonds is 5. The zero-order valence-electron chi connectivity index (χ0n) is 9.93. The highest BCUT2D eigenvalue weighted by Gasteiger charge is 2.28. The monoisotopic (exact) mass is 317 g/mol. The number of carboxylic acid groups (broad SMARTS) is 1. The van der Waals surface area contributed by atoms with Crippen LogP contribution in [0.2, 0.25) is 0 Å². The highest BCUT2D eigenvalue weighted by Crippen LogP contribution is 2.25. The molecule has 0 bridgehead atoms. The molecule has 0 saturated heterocycles. The first-order chi connectivity index (χ1) is 8.38. The maximum atomic E-state index is 13.4. The number of benzene rings is 1. The zero-order chi connectivity index (χ0) is 13.9. The molecule has 4 nitrogen and oxygen atoms in total. The maximum Gasteiger partial charge on any atom is 0.331 e. The van der Waals surface area contributed by atoms with Crippen molar-refractivity contribution in [3.8, 4) is 0 Å². The van der Waals surface area contributed by atoms with Crippen LogP contribution in [0.15, 0.2) is 22.7 Å². The van der Waals surface area contributed by atoms with Crippen LogP contribution in [0.4, 0.5) is 4.39 Å². The summed E-state index contributed by atoms with van der Waals surface area (Å²) in [5.41, 5.74) is 0.226. The summed E-state index contributed by atoms with van der Waals surface area (Å²) in [7, 11) is 0. The first-order valence-corrected chi connectivity index (χ1v) is 6.08. The molecule has 1 aromatic carbocycles. The minimum absolute atomic E-state index is 0.226. The highest BCUT2D eigenvalue weighted by atomic mass is 79.9. The van der Waals surface area contributed by atoms with Gasteiger partial charge in [0.1, 0.15) is 5.82 Å². The zero-order valence-corrected chi connectivity index (χ0v) is 11.5. The Morgan fingerprint density at radius 3 is 2.50 bits per heavy atom. The normalized spacial score (nSPS) is 12.3. The Bertz CT molecular complexity index is 465.